The van der Waals surface area contributed by atoms with Gasteiger partial charge in [-0.25, -0.2) is 0 Å². The molecule has 1 aliphatic rings. The number of hydrogen-bond acceptors (Lipinski definition) is 2. The van der Waals surface area contributed by atoms with Crippen molar-refractivity contribution >= 4 is 11.8 Å². The van der Waals surface area contributed by atoms with E-state index in [0.29, 0.717) is 12.1 Å². The zero-order valence-electron chi connectivity index (χ0n) is 12.0. The second-order valence-electron chi connectivity index (χ2n) is 5.27. The van der Waals surface area contributed by atoms with Crippen LogP contribution in [-0.4, -0.2) is 35.8 Å². The third-order valence-corrected chi connectivity index (χ3v) is 3.83. The minimum atomic E-state index is -0.0456. The lowest BCUT2D eigenvalue weighted by Crippen LogP contribution is -2.44. The minimum Gasteiger partial charge on any atom is -0.352 e. The molecule has 0 radical (unpaired) electrons. The molecule has 4 nitrogen and oxygen atoms in total. The Balaban J connectivity index is 1.80. The summed E-state index contributed by atoms with van der Waals surface area (Å²) in [7, 11) is 0. The highest BCUT2D eigenvalue weighted by molar-refractivity contribution is 5.94. The molecule has 108 valence electrons. The quantitative estimate of drug-likeness (QED) is 0.915. The van der Waals surface area contributed by atoms with E-state index in [4.69, 9.17) is 0 Å². The van der Waals surface area contributed by atoms with Crippen molar-refractivity contribution in [1.29, 1.82) is 0 Å². The highest BCUT2D eigenvalue weighted by Gasteiger charge is 2.23. The molecule has 1 atom stereocenters. The average molecular weight is 274 g/mol. The van der Waals surface area contributed by atoms with Gasteiger partial charge in [-0.1, -0.05) is 18.2 Å². The fourth-order valence-corrected chi connectivity index (χ4v) is 2.76. The first-order valence-corrected chi connectivity index (χ1v) is 7.29. The fourth-order valence-electron chi connectivity index (χ4n) is 2.76. The summed E-state index contributed by atoms with van der Waals surface area (Å²) in [6.07, 6.45) is 4.13. The van der Waals surface area contributed by atoms with Crippen LogP contribution in [0.5, 0.6) is 0 Å². The largest absolute Gasteiger partial charge is 0.352 e. The predicted molar refractivity (Wildman–Crippen MR) is 78.4 cm³/mol. The lowest BCUT2D eigenvalue weighted by molar-refractivity contribution is -0.132. The number of rotatable bonds is 4. The topological polar surface area (TPSA) is 49.4 Å². The summed E-state index contributed by atoms with van der Waals surface area (Å²) in [5.41, 5.74) is 0.680. The molecule has 1 N–H and O–H groups in total. The molecule has 2 amide bonds. The summed E-state index contributed by atoms with van der Waals surface area (Å²) in [6.45, 7) is 3.09. The van der Waals surface area contributed by atoms with Crippen LogP contribution in [0.3, 0.4) is 0 Å². The second kappa shape index (κ2) is 7.08. The Kier molecular flexibility index (Phi) is 5.16. The maximum absolute atomic E-state index is 11.9. The van der Waals surface area contributed by atoms with Crippen molar-refractivity contribution in [2.24, 2.45) is 0 Å². The van der Waals surface area contributed by atoms with Crippen molar-refractivity contribution < 1.29 is 9.59 Å². The first-order chi connectivity index (χ1) is 9.68. The Bertz CT molecular complexity index is 459. The Morgan fingerprint density at radius 3 is 2.70 bits per heavy atom. The van der Waals surface area contributed by atoms with Crippen LogP contribution in [-0.2, 0) is 4.79 Å². The van der Waals surface area contributed by atoms with Crippen LogP contribution in [0.15, 0.2) is 30.3 Å². The highest BCUT2D eigenvalue weighted by atomic mass is 16.2. The Hall–Kier alpha value is -1.84. The van der Waals surface area contributed by atoms with Gasteiger partial charge in [0.2, 0.25) is 5.91 Å². The number of nitrogens with zero attached hydrogens (tertiary/aromatic N) is 1. The molecule has 4 heteroatoms. The van der Waals surface area contributed by atoms with Crippen molar-refractivity contribution in [2.75, 3.05) is 13.1 Å². The number of piperidine rings is 1. The smallest absolute Gasteiger partial charge is 0.251 e. The molecule has 20 heavy (non-hydrogen) atoms. The molecule has 1 aromatic rings. The molecule has 1 aliphatic heterocycles. The molecule has 0 aromatic heterocycles. The number of carbonyl (C=O) groups excluding carboxylic acids is 2. The Labute approximate surface area is 120 Å². The number of carbonyl (C=O) groups is 2. The van der Waals surface area contributed by atoms with E-state index in [-0.39, 0.29) is 17.9 Å². The van der Waals surface area contributed by atoms with E-state index in [1.165, 1.54) is 6.42 Å². The first kappa shape index (κ1) is 14.6. The third kappa shape index (κ3) is 3.83. The van der Waals surface area contributed by atoms with E-state index < -0.39 is 0 Å². The van der Waals surface area contributed by atoms with Crippen molar-refractivity contribution in [3.63, 3.8) is 0 Å². The number of benzene rings is 1. The van der Waals surface area contributed by atoms with E-state index in [1.807, 2.05) is 23.1 Å². The summed E-state index contributed by atoms with van der Waals surface area (Å²) in [5.74, 6) is 0.0971. The predicted octanol–water partition coefficient (Wildman–Crippen LogP) is 2.21. The molecular formula is C16H22N2O2. The van der Waals surface area contributed by atoms with Gasteiger partial charge in [0.15, 0.2) is 0 Å². The van der Waals surface area contributed by atoms with Gasteiger partial charge in [0.25, 0.3) is 5.91 Å². The van der Waals surface area contributed by atoms with E-state index in [9.17, 15) is 9.59 Å². The molecule has 0 bridgehead atoms. The van der Waals surface area contributed by atoms with Crippen molar-refractivity contribution in [1.82, 2.24) is 10.2 Å². The van der Waals surface area contributed by atoms with Crippen LogP contribution < -0.4 is 5.32 Å². The summed E-state index contributed by atoms with van der Waals surface area (Å²) >= 11 is 0. The zero-order valence-corrected chi connectivity index (χ0v) is 12.0. The monoisotopic (exact) mass is 274 g/mol. The minimum absolute atomic E-state index is 0.0456. The van der Waals surface area contributed by atoms with Gasteiger partial charge < -0.3 is 10.2 Å². The standard InChI is InChI=1S/C16H22N2O2/c1-13(19)18-12-6-5-9-15(18)10-11-17-16(20)14-7-3-2-4-8-14/h2-4,7-8,15H,5-6,9-12H2,1H3,(H,17,20)/t15-/m1/s1. The zero-order chi connectivity index (χ0) is 14.4. The van der Waals surface area contributed by atoms with Gasteiger partial charge in [0, 0.05) is 31.6 Å². The van der Waals surface area contributed by atoms with Crippen LogP contribution in [0.25, 0.3) is 0 Å². The van der Waals surface area contributed by atoms with Crippen molar-refractivity contribution in [3.8, 4) is 0 Å². The molecule has 1 saturated heterocycles. The average Bonchev–Trinajstić information content (AvgIpc) is 2.48. The van der Waals surface area contributed by atoms with E-state index in [2.05, 4.69) is 5.32 Å². The Morgan fingerprint density at radius 2 is 2.00 bits per heavy atom. The van der Waals surface area contributed by atoms with Gasteiger partial charge in [-0.2, -0.15) is 0 Å². The van der Waals surface area contributed by atoms with E-state index >= 15 is 0 Å². The van der Waals surface area contributed by atoms with E-state index in [1.54, 1.807) is 19.1 Å². The van der Waals surface area contributed by atoms with Crippen molar-refractivity contribution in [3.05, 3.63) is 35.9 Å². The summed E-state index contributed by atoms with van der Waals surface area (Å²) in [5, 5.41) is 2.93. The molecule has 1 aromatic carbocycles. The fraction of sp³-hybridized carbons (Fsp3) is 0.500. The van der Waals surface area contributed by atoms with Gasteiger partial charge in [-0.15, -0.1) is 0 Å². The van der Waals surface area contributed by atoms with Crippen LogP contribution in [0.1, 0.15) is 43.0 Å². The number of likely N-dealkylation sites (tertiary alicyclic amines) is 1. The molecule has 2 rings (SSSR count). The number of nitrogens with one attached hydrogen (secondary N) is 1. The van der Waals surface area contributed by atoms with Crippen molar-refractivity contribution in [2.45, 2.75) is 38.6 Å². The van der Waals surface area contributed by atoms with Crippen LogP contribution >= 0.6 is 0 Å². The SMILES string of the molecule is CC(=O)N1CCCC[C@@H]1CCNC(=O)c1ccccc1. The molecule has 1 fully saturated rings. The van der Waals surface area contributed by atoms with E-state index in [0.717, 1.165) is 25.8 Å². The Morgan fingerprint density at radius 1 is 1.25 bits per heavy atom. The maximum atomic E-state index is 11.9. The molecule has 0 spiro atoms. The summed E-state index contributed by atoms with van der Waals surface area (Å²) in [6, 6.07) is 9.48. The second-order valence-corrected chi connectivity index (χ2v) is 5.27. The molecule has 0 unspecified atom stereocenters. The van der Waals surface area contributed by atoms with Gasteiger partial charge >= 0.3 is 0 Å². The molecular weight excluding hydrogens is 252 g/mol. The normalized spacial score (nSPS) is 18.6. The number of amides is 2. The highest BCUT2D eigenvalue weighted by Crippen LogP contribution is 2.19. The summed E-state index contributed by atoms with van der Waals surface area (Å²) < 4.78 is 0. The van der Waals surface area contributed by atoms with Gasteiger partial charge in [-0.05, 0) is 37.8 Å². The van der Waals surface area contributed by atoms with Gasteiger partial charge in [-0.3, -0.25) is 9.59 Å². The van der Waals surface area contributed by atoms with Gasteiger partial charge in [0.05, 0.1) is 0 Å². The van der Waals surface area contributed by atoms with Crippen LogP contribution in [0.2, 0.25) is 0 Å². The first-order valence-electron chi connectivity index (χ1n) is 7.29. The van der Waals surface area contributed by atoms with Gasteiger partial charge in [0.1, 0.15) is 0 Å². The lowest BCUT2D eigenvalue weighted by atomic mass is 9.99. The number of hydrogen-bond donors (Lipinski definition) is 1. The molecule has 0 aliphatic carbocycles. The maximum Gasteiger partial charge on any atom is 0.251 e. The third-order valence-electron chi connectivity index (χ3n) is 3.83. The van der Waals surface area contributed by atoms with Crippen LogP contribution in [0.4, 0.5) is 0 Å². The molecule has 1 heterocycles. The lowest BCUT2D eigenvalue weighted by Gasteiger charge is -2.35. The molecule has 0 saturated carbocycles. The summed E-state index contributed by atoms with van der Waals surface area (Å²) in [4.78, 5) is 25.4. The van der Waals surface area contributed by atoms with Crippen LogP contribution in [0, 0.1) is 0 Å².